The molecule has 1 aromatic carbocycles. The van der Waals surface area contributed by atoms with Crippen molar-refractivity contribution in [3.63, 3.8) is 0 Å². The topological polar surface area (TPSA) is 62.2 Å². The third-order valence-electron chi connectivity index (χ3n) is 2.39. The minimum atomic E-state index is -0.0764. The van der Waals surface area contributed by atoms with Crippen molar-refractivity contribution >= 4 is 6.29 Å². The van der Waals surface area contributed by atoms with Crippen LogP contribution in [0, 0.1) is 6.92 Å². The van der Waals surface area contributed by atoms with Crippen LogP contribution in [-0.4, -0.2) is 23.4 Å². The lowest BCUT2D eigenvalue weighted by atomic mass is 10.1. The zero-order valence-electron chi connectivity index (χ0n) is 11.1. The fourth-order valence-electron chi connectivity index (χ4n) is 1.53. The summed E-state index contributed by atoms with van der Waals surface area (Å²) in [7, 11) is 1.96. The van der Waals surface area contributed by atoms with Crippen LogP contribution in [0.25, 0.3) is 0 Å². The van der Waals surface area contributed by atoms with Gasteiger partial charge < -0.3 is 10.4 Å². The van der Waals surface area contributed by atoms with Crippen molar-refractivity contribution in [3.8, 4) is 5.75 Å². The molecule has 0 aliphatic rings. The maximum atomic E-state index is 10.0. The van der Waals surface area contributed by atoms with Gasteiger partial charge in [0.25, 0.3) is 0 Å². The molecule has 4 heteroatoms. The minimum absolute atomic E-state index is 0.0764. The summed E-state index contributed by atoms with van der Waals surface area (Å²) in [5.74, 6) is -0.0764. The standard InChI is InChI=1S/C9H13N.C6H5NO2/c1-8-4-3-5-9(6-8)7-10-2;8-4-5-6(9)2-1-3-7-5/h3-6,10H,7H2,1-2H3;1-4,9H. The van der Waals surface area contributed by atoms with E-state index in [9.17, 15) is 4.79 Å². The molecular weight excluding hydrogens is 240 g/mol. The Labute approximate surface area is 113 Å². The summed E-state index contributed by atoms with van der Waals surface area (Å²) < 4.78 is 0. The summed E-state index contributed by atoms with van der Waals surface area (Å²) in [6.45, 7) is 3.07. The zero-order valence-corrected chi connectivity index (χ0v) is 11.1. The van der Waals surface area contributed by atoms with Gasteiger partial charge in [-0.15, -0.1) is 0 Å². The normalized spacial score (nSPS) is 9.37. The Bertz CT molecular complexity index is 527. The summed E-state index contributed by atoms with van der Waals surface area (Å²) in [5, 5.41) is 11.9. The molecule has 2 aromatic rings. The predicted octanol–water partition coefficient (Wildman–Crippen LogP) is 2.31. The van der Waals surface area contributed by atoms with Crippen molar-refractivity contribution in [2.45, 2.75) is 13.5 Å². The largest absolute Gasteiger partial charge is 0.506 e. The van der Waals surface area contributed by atoms with Gasteiger partial charge in [-0.3, -0.25) is 4.79 Å². The Morgan fingerprint density at radius 3 is 2.63 bits per heavy atom. The monoisotopic (exact) mass is 258 g/mol. The summed E-state index contributed by atoms with van der Waals surface area (Å²) in [5.41, 5.74) is 2.76. The number of benzene rings is 1. The molecule has 0 saturated carbocycles. The number of aromatic nitrogens is 1. The molecule has 1 aromatic heterocycles. The predicted molar refractivity (Wildman–Crippen MR) is 75.2 cm³/mol. The van der Waals surface area contributed by atoms with Gasteiger partial charge in [-0.2, -0.15) is 0 Å². The zero-order chi connectivity index (χ0) is 14.1. The molecule has 0 amide bonds. The third kappa shape index (κ3) is 5.31. The molecule has 0 saturated heterocycles. The summed E-state index contributed by atoms with van der Waals surface area (Å²) in [6.07, 6.45) is 1.96. The van der Waals surface area contributed by atoms with Gasteiger partial charge in [-0.05, 0) is 31.7 Å². The number of rotatable bonds is 3. The van der Waals surface area contributed by atoms with Crippen LogP contribution >= 0.6 is 0 Å². The van der Waals surface area contributed by atoms with E-state index in [4.69, 9.17) is 5.11 Å². The van der Waals surface area contributed by atoms with Crippen molar-refractivity contribution in [1.29, 1.82) is 0 Å². The van der Waals surface area contributed by atoms with Crippen molar-refractivity contribution < 1.29 is 9.90 Å². The Balaban J connectivity index is 0.000000191. The first kappa shape index (κ1) is 14.9. The van der Waals surface area contributed by atoms with Crippen LogP contribution in [-0.2, 0) is 6.54 Å². The Hall–Kier alpha value is -2.20. The molecule has 0 spiro atoms. The number of aryl methyl sites for hydroxylation is 1. The number of nitrogens with zero attached hydrogens (tertiary/aromatic N) is 1. The molecular formula is C15H18N2O2. The van der Waals surface area contributed by atoms with Crippen LogP contribution in [0.2, 0.25) is 0 Å². The van der Waals surface area contributed by atoms with Gasteiger partial charge in [0.2, 0.25) is 0 Å². The lowest BCUT2D eigenvalue weighted by Crippen LogP contribution is -2.04. The van der Waals surface area contributed by atoms with E-state index in [0.717, 1.165) is 6.54 Å². The second kappa shape index (κ2) is 8.00. The molecule has 0 fully saturated rings. The molecule has 0 atom stereocenters. The van der Waals surface area contributed by atoms with E-state index in [0.29, 0.717) is 6.29 Å². The van der Waals surface area contributed by atoms with Crippen LogP contribution < -0.4 is 5.32 Å². The maximum absolute atomic E-state index is 10.0. The third-order valence-corrected chi connectivity index (χ3v) is 2.39. The molecule has 0 radical (unpaired) electrons. The fraction of sp³-hybridized carbons (Fsp3) is 0.200. The number of pyridine rings is 1. The van der Waals surface area contributed by atoms with Gasteiger partial charge in [0, 0.05) is 12.7 Å². The van der Waals surface area contributed by atoms with E-state index in [1.807, 2.05) is 7.05 Å². The first-order chi connectivity index (χ1) is 9.17. The highest BCUT2D eigenvalue weighted by Gasteiger charge is 1.95. The average Bonchev–Trinajstić information content (AvgIpc) is 2.40. The van der Waals surface area contributed by atoms with Crippen LogP contribution in [0.4, 0.5) is 0 Å². The molecule has 4 nitrogen and oxygen atoms in total. The lowest BCUT2D eigenvalue weighted by molar-refractivity contribution is 0.111. The molecule has 0 aliphatic heterocycles. The first-order valence-corrected chi connectivity index (χ1v) is 5.96. The number of nitrogens with one attached hydrogen (secondary N) is 1. The Morgan fingerprint density at radius 2 is 2.11 bits per heavy atom. The average molecular weight is 258 g/mol. The van der Waals surface area contributed by atoms with Gasteiger partial charge in [0.1, 0.15) is 11.4 Å². The molecule has 19 heavy (non-hydrogen) atoms. The van der Waals surface area contributed by atoms with E-state index in [2.05, 4.69) is 41.5 Å². The fourth-order valence-corrected chi connectivity index (χ4v) is 1.53. The van der Waals surface area contributed by atoms with Crippen molar-refractivity contribution in [2.75, 3.05) is 7.05 Å². The molecule has 2 N–H and O–H groups in total. The quantitative estimate of drug-likeness (QED) is 0.829. The number of aldehydes is 1. The van der Waals surface area contributed by atoms with Gasteiger partial charge >= 0.3 is 0 Å². The molecule has 100 valence electrons. The van der Waals surface area contributed by atoms with E-state index in [1.54, 1.807) is 6.07 Å². The summed E-state index contributed by atoms with van der Waals surface area (Å²) in [4.78, 5) is 13.6. The van der Waals surface area contributed by atoms with Gasteiger partial charge in [-0.1, -0.05) is 29.8 Å². The molecule has 0 bridgehead atoms. The van der Waals surface area contributed by atoms with Gasteiger partial charge in [-0.25, -0.2) is 4.98 Å². The second-order valence-corrected chi connectivity index (χ2v) is 4.05. The van der Waals surface area contributed by atoms with Gasteiger partial charge in [0.05, 0.1) is 0 Å². The highest BCUT2D eigenvalue weighted by molar-refractivity contribution is 5.75. The van der Waals surface area contributed by atoms with Crippen LogP contribution in [0.15, 0.2) is 42.6 Å². The molecule has 2 rings (SSSR count). The Morgan fingerprint density at radius 1 is 1.32 bits per heavy atom. The Kier molecular flexibility index (Phi) is 6.26. The smallest absolute Gasteiger partial charge is 0.172 e. The molecule has 1 heterocycles. The molecule has 0 aliphatic carbocycles. The highest BCUT2D eigenvalue weighted by Crippen LogP contribution is 2.08. The van der Waals surface area contributed by atoms with E-state index < -0.39 is 0 Å². The lowest BCUT2D eigenvalue weighted by Gasteiger charge is -1.99. The number of aromatic hydroxyl groups is 1. The van der Waals surface area contributed by atoms with E-state index in [1.165, 1.54) is 23.4 Å². The van der Waals surface area contributed by atoms with Crippen LogP contribution in [0.1, 0.15) is 21.6 Å². The number of carbonyl (C=O) groups excluding carboxylic acids is 1. The van der Waals surface area contributed by atoms with E-state index >= 15 is 0 Å². The van der Waals surface area contributed by atoms with Crippen molar-refractivity contribution in [3.05, 3.63) is 59.4 Å². The van der Waals surface area contributed by atoms with Crippen LogP contribution in [0.5, 0.6) is 5.75 Å². The maximum Gasteiger partial charge on any atom is 0.172 e. The SMILES string of the molecule is CNCc1cccc(C)c1.O=Cc1ncccc1O. The van der Waals surface area contributed by atoms with Crippen molar-refractivity contribution in [1.82, 2.24) is 10.3 Å². The second-order valence-electron chi connectivity index (χ2n) is 4.05. The molecule has 0 unspecified atom stereocenters. The minimum Gasteiger partial charge on any atom is -0.506 e. The van der Waals surface area contributed by atoms with Crippen molar-refractivity contribution in [2.24, 2.45) is 0 Å². The van der Waals surface area contributed by atoms with Crippen LogP contribution in [0.3, 0.4) is 0 Å². The van der Waals surface area contributed by atoms with Gasteiger partial charge in [0.15, 0.2) is 6.29 Å². The summed E-state index contributed by atoms with van der Waals surface area (Å²) >= 11 is 0. The first-order valence-electron chi connectivity index (χ1n) is 5.96. The number of hydrogen-bond donors (Lipinski definition) is 2. The van der Waals surface area contributed by atoms with E-state index in [-0.39, 0.29) is 11.4 Å². The highest BCUT2D eigenvalue weighted by atomic mass is 16.3. The number of hydrogen-bond acceptors (Lipinski definition) is 4. The number of carbonyl (C=O) groups is 1. The summed E-state index contributed by atoms with van der Waals surface area (Å²) in [6, 6.07) is 11.5.